The zero-order valence-electron chi connectivity index (χ0n) is 41.1. The number of carbonyl (C=O) groups excluding carboxylic acids is 1. The number of hydrogen-bond donors (Lipinski definition) is 6. The summed E-state index contributed by atoms with van der Waals surface area (Å²) < 4.78 is 11.2. The first kappa shape index (κ1) is 59.7. The van der Waals surface area contributed by atoms with Crippen LogP contribution in [-0.4, -0.2) is 87.5 Å². The van der Waals surface area contributed by atoms with E-state index >= 15 is 0 Å². The normalized spacial score (nSPS) is 20.3. The largest absolute Gasteiger partial charge is 0.394 e. The average Bonchev–Trinajstić information content (AvgIpc) is 3.28. The Labute approximate surface area is 388 Å². The molecular weight excluding hydrogens is 791 g/mol. The molecule has 0 saturated carbocycles. The smallest absolute Gasteiger partial charge is 0.220 e. The van der Waals surface area contributed by atoms with Crippen LogP contribution in [0.25, 0.3) is 0 Å². The van der Waals surface area contributed by atoms with Crippen molar-refractivity contribution in [3.63, 3.8) is 0 Å². The summed E-state index contributed by atoms with van der Waals surface area (Å²) in [4.78, 5) is 13.0. The molecule has 1 aliphatic heterocycles. The van der Waals surface area contributed by atoms with E-state index in [1.807, 2.05) is 6.08 Å². The van der Waals surface area contributed by atoms with Gasteiger partial charge in [0, 0.05) is 6.42 Å². The molecule has 1 aliphatic rings. The van der Waals surface area contributed by atoms with E-state index in [1.54, 1.807) is 6.08 Å². The third-order valence-corrected chi connectivity index (χ3v) is 13.0. The molecule has 7 unspecified atom stereocenters. The van der Waals surface area contributed by atoms with Gasteiger partial charge in [-0.1, -0.05) is 231 Å². The van der Waals surface area contributed by atoms with Crippen molar-refractivity contribution in [3.05, 3.63) is 24.3 Å². The van der Waals surface area contributed by atoms with Gasteiger partial charge in [0.15, 0.2) is 6.29 Å². The van der Waals surface area contributed by atoms with Crippen LogP contribution >= 0.6 is 0 Å². The van der Waals surface area contributed by atoms with Crippen LogP contribution < -0.4 is 5.32 Å². The van der Waals surface area contributed by atoms with Crippen molar-refractivity contribution in [3.8, 4) is 0 Å². The standard InChI is InChI=1S/C54H103NO8/c1-3-5-7-9-11-13-15-17-19-21-22-23-24-25-26-27-28-29-31-33-35-37-39-41-43-48(57)47(46-62-54-53(61)52(60)51(59)49(45-56)63-54)55-50(58)44-42-40-38-36-34-32-30-20-18-16-14-12-10-8-6-4-2/h20,30,41,43,47-49,51-54,56-57,59-61H,3-19,21-29,31-40,42,44-46H2,1-2H3,(H,55,58)/b30-20-,43-41+. The minimum Gasteiger partial charge on any atom is -0.394 e. The number of hydrogen-bond acceptors (Lipinski definition) is 8. The van der Waals surface area contributed by atoms with Gasteiger partial charge in [-0.3, -0.25) is 4.79 Å². The van der Waals surface area contributed by atoms with Gasteiger partial charge in [0.2, 0.25) is 5.91 Å². The van der Waals surface area contributed by atoms with Gasteiger partial charge in [0.05, 0.1) is 25.4 Å². The lowest BCUT2D eigenvalue weighted by Gasteiger charge is -2.40. The second-order valence-corrected chi connectivity index (χ2v) is 19.0. The Morgan fingerprint density at radius 2 is 0.889 bits per heavy atom. The summed E-state index contributed by atoms with van der Waals surface area (Å²) >= 11 is 0. The Hall–Kier alpha value is -1.33. The molecule has 1 fully saturated rings. The van der Waals surface area contributed by atoms with Crippen molar-refractivity contribution in [2.24, 2.45) is 0 Å². The molecule has 6 N–H and O–H groups in total. The molecule has 0 spiro atoms. The molecule has 1 saturated heterocycles. The summed E-state index contributed by atoms with van der Waals surface area (Å²) in [6.45, 7) is 3.79. The van der Waals surface area contributed by atoms with Crippen molar-refractivity contribution in [1.82, 2.24) is 5.32 Å². The molecule has 63 heavy (non-hydrogen) atoms. The van der Waals surface area contributed by atoms with E-state index in [-0.39, 0.29) is 12.5 Å². The summed E-state index contributed by atoms with van der Waals surface area (Å²) in [5.74, 6) is -0.183. The Balaban J connectivity index is 2.26. The molecule has 0 bridgehead atoms. The van der Waals surface area contributed by atoms with E-state index in [2.05, 4.69) is 31.3 Å². The van der Waals surface area contributed by atoms with Gasteiger partial charge in [0.1, 0.15) is 24.4 Å². The summed E-state index contributed by atoms with van der Waals surface area (Å²) in [5.41, 5.74) is 0. The molecule has 0 aromatic heterocycles. The molecule has 1 rings (SSSR count). The highest BCUT2D eigenvalue weighted by molar-refractivity contribution is 5.76. The number of allylic oxidation sites excluding steroid dienone is 3. The third-order valence-electron chi connectivity index (χ3n) is 13.0. The third kappa shape index (κ3) is 34.6. The van der Waals surface area contributed by atoms with E-state index in [0.29, 0.717) is 6.42 Å². The van der Waals surface area contributed by atoms with Crippen molar-refractivity contribution in [2.45, 2.75) is 301 Å². The van der Waals surface area contributed by atoms with Crippen LogP contribution in [0.15, 0.2) is 24.3 Å². The molecular formula is C54H103NO8. The van der Waals surface area contributed by atoms with Gasteiger partial charge in [-0.05, 0) is 44.9 Å². The van der Waals surface area contributed by atoms with Crippen LogP contribution in [0.5, 0.6) is 0 Å². The number of carbonyl (C=O) groups is 1. The molecule has 1 heterocycles. The number of ether oxygens (including phenoxy) is 2. The predicted octanol–water partition coefficient (Wildman–Crippen LogP) is 12.6. The SMILES string of the molecule is CCCCCCCCC/C=C\CCCCCCCC(=O)NC(COC1OC(CO)C(O)C(O)C1O)C(O)/C=C/CCCCCCCCCCCCCCCCCCCCCCCC. The second kappa shape index (κ2) is 44.5. The summed E-state index contributed by atoms with van der Waals surface area (Å²) in [5, 5.41) is 54.4. The lowest BCUT2D eigenvalue weighted by molar-refractivity contribution is -0.302. The summed E-state index contributed by atoms with van der Waals surface area (Å²) in [7, 11) is 0. The first-order chi connectivity index (χ1) is 30.8. The first-order valence-electron chi connectivity index (χ1n) is 27.1. The van der Waals surface area contributed by atoms with Crippen LogP contribution in [0, 0.1) is 0 Å². The molecule has 0 aromatic carbocycles. The van der Waals surface area contributed by atoms with Crippen molar-refractivity contribution in [1.29, 1.82) is 0 Å². The Bertz CT molecular complexity index is 1040. The minimum absolute atomic E-state index is 0.183. The van der Waals surface area contributed by atoms with Gasteiger partial charge in [0.25, 0.3) is 0 Å². The maximum Gasteiger partial charge on any atom is 0.220 e. The van der Waals surface area contributed by atoms with Crippen LogP contribution in [0.4, 0.5) is 0 Å². The van der Waals surface area contributed by atoms with Gasteiger partial charge < -0.3 is 40.3 Å². The van der Waals surface area contributed by atoms with Crippen molar-refractivity contribution in [2.75, 3.05) is 13.2 Å². The average molecular weight is 894 g/mol. The van der Waals surface area contributed by atoms with Crippen LogP contribution in [0.2, 0.25) is 0 Å². The second-order valence-electron chi connectivity index (χ2n) is 19.0. The highest BCUT2D eigenvalue weighted by atomic mass is 16.7. The molecule has 1 amide bonds. The molecule has 7 atom stereocenters. The Kier molecular flexibility index (Phi) is 42.2. The van der Waals surface area contributed by atoms with Gasteiger partial charge in [-0.2, -0.15) is 0 Å². The topological polar surface area (TPSA) is 149 Å². The number of aliphatic hydroxyl groups excluding tert-OH is 5. The fraction of sp³-hybridized carbons (Fsp3) is 0.907. The Morgan fingerprint density at radius 3 is 1.29 bits per heavy atom. The van der Waals surface area contributed by atoms with Crippen molar-refractivity contribution >= 4 is 5.91 Å². The maximum absolute atomic E-state index is 13.0. The van der Waals surface area contributed by atoms with E-state index in [1.165, 1.54) is 180 Å². The zero-order chi connectivity index (χ0) is 45.9. The molecule has 0 aromatic rings. The van der Waals surface area contributed by atoms with Gasteiger partial charge in [-0.15, -0.1) is 0 Å². The summed E-state index contributed by atoms with van der Waals surface area (Å²) in [6.07, 6.45) is 48.1. The summed E-state index contributed by atoms with van der Waals surface area (Å²) in [6, 6.07) is -0.807. The molecule has 0 radical (unpaired) electrons. The lowest BCUT2D eigenvalue weighted by atomic mass is 9.99. The number of amides is 1. The van der Waals surface area contributed by atoms with E-state index in [4.69, 9.17) is 9.47 Å². The fourth-order valence-electron chi connectivity index (χ4n) is 8.68. The van der Waals surface area contributed by atoms with Crippen LogP contribution in [-0.2, 0) is 14.3 Å². The van der Waals surface area contributed by atoms with Crippen molar-refractivity contribution < 1.29 is 39.8 Å². The fourth-order valence-corrected chi connectivity index (χ4v) is 8.68. The molecule has 372 valence electrons. The molecule has 0 aliphatic carbocycles. The first-order valence-corrected chi connectivity index (χ1v) is 27.1. The number of aliphatic hydroxyl groups is 5. The number of unbranched alkanes of at least 4 members (excludes halogenated alkanes) is 34. The maximum atomic E-state index is 13.0. The van der Waals surface area contributed by atoms with E-state index < -0.39 is 49.5 Å². The Morgan fingerprint density at radius 1 is 0.524 bits per heavy atom. The molecule has 9 heteroatoms. The minimum atomic E-state index is -1.57. The van der Waals surface area contributed by atoms with E-state index in [9.17, 15) is 30.3 Å². The van der Waals surface area contributed by atoms with Gasteiger partial charge in [-0.25, -0.2) is 0 Å². The quantitative estimate of drug-likeness (QED) is 0.0261. The number of rotatable bonds is 46. The monoisotopic (exact) mass is 894 g/mol. The highest BCUT2D eigenvalue weighted by Gasteiger charge is 2.44. The molecule has 9 nitrogen and oxygen atoms in total. The van der Waals surface area contributed by atoms with Crippen LogP contribution in [0.3, 0.4) is 0 Å². The van der Waals surface area contributed by atoms with Crippen LogP contribution in [0.1, 0.15) is 258 Å². The van der Waals surface area contributed by atoms with E-state index in [0.717, 1.165) is 57.8 Å². The zero-order valence-corrected chi connectivity index (χ0v) is 41.1. The number of nitrogens with one attached hydrogen (secondary N) is 1. The lowest BCUT2D eigenvalue weighted by Crippen LogP contribution is -2.60. The predicted molar refractivity (Wildman–Crippen MR) is 263 cm³/mol. The highest BCUT2D eigenvalue weighted by Crippen LogP contribution is 2.23. The van der Waals surface area contributed by atoms with Gasteiger partial charge >= 0.3 is 0 Å².